The Kier molecular flexibility index (Phi) is 4.88. The average Bonchev–Trinajstić information content (AvgIpc) is 3.02. The number of hydrogen-bond acceptors (Lipinski definition) is 2. The molecule has 122 valence electrons. The summed E-state index contributed by atoms with van der Waals surface area (Å²) in [5, 5.41) is 6.00. The SMILES string of the molecule is Cl.O=C(Cc1ccc2ccccc2c1)N1CCC2NCCC2C1. The van der Waals surface area contributed by atoms with Gasteiger partial charge in [-0.25, -0.2) is 0 Å². The summed E-state index contributed by atoms with van der Waals surface area (Å²) in [5.41, 5.74) is 1.12. The molecule has 0 bridgehead atoms. The summed E-state index contributed by atoms with van der Waals surface area (Å²) in [5.74, 6) is 0.940. The smallest absolute Gasteiger partial charge is 0.227 e. The number of nitrogens with one attached hydrogen (secondary N) is 1. The zero-order chi connectivity index (χ0) is 14.9. The third-order valence-electron chi connectivity index (χ3n) is 5.18. The molecule has 2 aliphatic rings. The van der Waals surface area contributed by atoms with Crippen LogP contribution in [0.4, 0.5) is 0 Å². The largest absolute Gasteiger partial charge is 0.342 e. The zero-order valence-corrected chi connectivity index (χ0v) is 14.0. The Morgan fingerprint density at radius 2 is 1.96 bits per heavy atom. The Morgan fingerprint density at radius 1 is 1.13 bits per heavy atom. The van der Waals surface area contributed by atoms with Gasteiger partial charge in [-0.15, -0.1) is 12.4 Å². The first kappa shape index (κ1) is 16.3. The molecule has 2 heterocycles. The Hall–Kier alpha value is -1.58. The minimum Gasteiger partial charge on any atom is -0.342 e. The number of carbonyl (C=O) groups excluding carboxylic acids is 1. The van der Waals surface area contributed by atoms with Gasteiger partial charge in [0.05, 0.1) is 6.42 Å². The lowest BCUT2D eigenvalue weighted by Crippen LogP contribution is -2.47. The van der Waals surface area contributed by atoms with Crippen molar-refractivity contribution in [2.45, 2.75) is 25.3 Å². The molecule has 2 unspecified atom stereocenters. The monoisotopic (exact) mass is 330 g/mol. The third-order valence-corrected chi connectivity index (χ3v) is 5.18. The van der Waals surface area contributed by atoms with Crippen LogP contribution in [0.25, 0.3) is 10.8 Å². The van der Waals surface area contributed by atoms with Gasteiger partial charge in [0, 0.05) is 19.1 Å². The van der Waals surface area contributed by atoms with Crippen molar-refractivity contribution in [2.75, 3.05) is 19.6 Å². The van der Waals surface area contributed by atoms with E-state index >= 15 is 0 Å². The number of amides is 1. The van der Waals surface area contributed by atoms with E-state index in [0.29, 0.717) is 18.4 Å². The van der Waals surface area contributed by atoms with Gasteiger partial charge in [0.15, 0.2) is 0 Å². The lowest BCUT2D eigenvalue weighted by atomic mass is 9.93. The summed E-state index contributed by atoms with van der Waals surface area (Å²) < 4.78 is 0. The molecule has 0 aromatic heterocycles. The van der Waals surface area contributed by atoms with Crippen LogP contribution in [0.3, 0.4) is 0 Å². The molecule has 2 saturated heterocycles. The Bertz CT molecular complexity index is 703. The molecule has 0 saturated carbocycles. The number of nitrogens with zero attached hydrogens (tertiary/aromatic N) is 1. The predicted octanol–water partition coefficient (Wildman–Crippen LogP) is 3.01. The maximum Gasteiger partial charge on any atom is 0.227 e. The summed E-state index contributed by atoms with van der Waals surface area (Å²) in [6, 6.07) is 15.3. The second-order valence-corrected chi connectivity index (χ2v) is 6.60. The van der Waals surface area contributed by atoms with E-state index in [4.69, 9.17) is 0 Å². The Balaban J connectivity index is 0.00000156. The topological polar surface area (TPSA) is 32.3 Å². The fourth-order valence-corrected chi connectivity index (χ4v) is 3.91. The molecule has 3 nitrogen and oxygen atoms in total. The number of benzene rings is 2. The van der Waals surface area contributed by atoms with Crippen molar-refractivity contribution in [1.82, 2.24) is 10.2 Å². The number of halogens is 1. The van der Waals surface area contributed by atoms with Crippen molar-refractivity contribution in [3.8, 4) is 0 Å². The highest BCUT2D eigenvalue weighted by Gasteiger charge is 2.34. The van der Waals surface area contributed by atoms with Gasteiger partial charge >= 0.3 is 0 Å². The van der Waals surface area contributed by atoms with E-state index in [9.17, 15) is 4.79 Å². The second-order valence-electron chi connectivity index (χ2n) is 6.60. The normalized spacial score (nSPS) is 23.4. The number of rotatable bonds is 2. The standard InChI is InChI=1S/C19H22N2O.ClH/c22-19(21-10-8-18-17(13-21)7-9-20-18)12-14-5-6-15-3-1-2-4-16(15)11-14;/h1-6,11,17-18,20H,7-10,12-13H2;1H. The first-order valence-corrected chi connectivity index (χ1v) is 8.28. The molecule has 0 aliphatic carbocycles. The highest BCUT2D eigenvalue weighted by Crippen LogP contribution is 2.25. The Morgan fingerprint density at radius 3 is 2.83 bits per heavy atom. The van der Waals surface area contributed by atoms with Crippen LogP contribution < -0.4 is 5.32 Å². The molecule has 23 heavy (non-hydrogen) atoms. The van der Waals surface area contributed by atoms with Gasteiger partial charge in [0.25, 0.3) is 0 Å². The van der Waals surface area contributed by atoms with Crippen molar-refractivity contribution >= 4 is 29.1 Å². The first-order chi connectivity index (χ1) is 10.8. The average molecular weight is 331 g/mol. The van der Waals surface area contributed by atoms with E-state index in [2.05, 4.69) is 40.5 Å². The number of carbonyl (C=O) groups is 1. The molecule has 0 spiro atoms. The van der Waals surface area contributed by atoms with Crippen molar-refractivity contribution in [2.24, 2.45) is 5.92 Å². The minimum atomic E-state index is 0. The molecule has 1 N–H and O–H groups in total. The van der Waals surface area contributed by atoms with Gasteiger partial charge < -0.3 is 10.2 Å². The summed E-state index contributed by atoms with van der Waals surface area (Å²) in [6.45, 7) is 2.95. The van der Waals surface area contributed by atoms with Crippen LogP contribution in [0.5, 0.6) is 0 Å². The van der Waals surface area contributed by atoms with Crippen LogP contribution in [-0.4, -0.2) is 36.5 Å². The second kappa shape index (κ2) is 6.90. The maximum atomic E-state index is 12.6. The maximum absolute atomic E-state index is 12.6. The van der Waals surface area contributed by atoms with E-state index in [1.807, 2.05) is 12.1 Å². The van der Waals surface area contributed by atoms with Crippen LogP contribution in [0.2, 0.25) is 0 Å². The first-order valence-electron chi connectivity index (χ1n) is 8.28. The van der Waals surface area contributed by atoms with E-state index < -0.39 is 0 Å². The van der Waals surface area contributed by atoms with E-state index in [1.54, 1.807) is 0 Å². The van der Waals surface area contributed by atoms with Gasteiger partial charge in [-0.3, -0.25) is 4.79 Å². The van der Waals surface area contributed by atoms with E-state index in [1.165, 1.54) is 17.2 Å². The molecule has 2 aromatic rings. The van der Waals surface area contributed by atoms with Gasteiger partial charge in [-0.05, 0) is 41.6 Å². The van der Waals surface area contributed by atoms with Crippen LogP contribution in [0, 0.1) is 5.92 Å². The minimum absolute atomic E-state index is 0. The van der Waals surface area contributed by atoms with Crippen LogP contribution in [0.15, 0.2) is 42.5 Å². The molecule has 2 atom stereocenters. The van der Waals surface area contributed by atoms with Crippen molar-refractivity contribution in [3.05, 3.63) is 48.0 Å². The van der Waals surface area contributed by atoms with E-state index in [0.717, 1.165) is 31.6 Å². The molecule has 2 aliphatic heterocycles. The molecule has 2 fully saturated rings. The molecule has 1 amide bonds. The number of fused-ring (bicyclic) bond motifs is 2. The number of likely N-dealkylation sites (tertiary alicyclic amines) is 1. The Labute approximate surface area is 143 Å². The van der Waals surface area contributed by atoms with Gasteiger partial charge in [0.2, 0.25) is 5.91 Å². The summed E-state index contributed by atoms with van der Waals surface area (Å²) >= 11 is 0. The lowest BCUT2D eigenvalue weighted by molar-refractivity contribution is -0.132. The highest BCUT2D eigenvalue weighted by molar-refractivity contribution is 5.86. The van der Waals surface area contributed by atoms with E-state index in [-0.39, 0.29) is 18.3 Å². The third kappa shape index (κ3) is 3.36. The number of piperidine rings is 1. The van der Waals surface area contributed by atoms with Gasteiger partial charge in [-0.1, -0.05) is 42.5 Å². The molecule has 0 radical (unpaired) electrons. The molecular weight excluding hydrogens is 308 g/mol. The van der Waals surface area contributed by atoms with Gasteiger partial charge in [-0.2, -0.15) is 0 Å². The highest BCUT2D eigenvalue weighted by atomic mass is 35.5. The fourth-order valence-electron chi connectivity index (χ4n) is 3.91. The van der Waals surface area contributed by atoms with Crippen molar-refractivity contribution in [3.63, 3.8) is 0 Å². The van der Waals surface area contributed by atoms with Crippen molar-refractivity contribution < 1.29 is 4.79 Å². The molecule has 4 rings (SSSR count). The fraction of sp³-hybridized carbons (Fsp3) is 0.421. The molecule has 2 aromatic carbocycles. The summed E-state index contributed by atoms with van der Waals surface area (Å²) in [4.78, 5) is 14.7. The van der Waals surface area contributed by atoms with Crippen LogP contribution in [0.1, 0.15) is 18.4 Å². The summed E-state index contributed by atoms with van der Waals surface area (Å²) in [7, 11) is 0. The molecular formula is C19H23ClN2O. The summed E-state index contributed by atoms with van der Waals surface area (Å²) in [6.07, 6.45) is 2.84. The predicted molar refractivity (Wildman–Crippen MR) is 96.0 cm³/mol. The lowest BCUT2D eigenvalue weighted by Gasteiger charge is -2.35. The molecule has 4 heteroatoms. The van der Waals surface area contributed by atoms with Gasteiger partial charge in [0.1, 0.15) is 0 Å². The van der Waals surface area contributed by atoms with Crippen LogP contribution in [-0.2, 0) is 11.2 Å². The quantitative estimate of drug-likeness (QED) is 0.918. The zero-order valence-electron chi connectivity index (χ0n) is 13.2. The number of hydrogen-bond donors (Lipinski definition) is 1. The van der Waals surface area contributed by atoms with Crippen molar-refractivity contribution in [1.29, 1.82) is 0 Å². The van der Waals surface area contributed by atoms with Crippen LogP contribution >= 0.6 is 12.4 Å².